The summed E-state index contributed by atoms with van der Waals surface area (Å²) in [5, 5.41) is 3.45. The fourth-order valence-electron chi connectivity index (χ4n) is 4.90. The number of carbonyl (C=O) groups excluding carboxylic acids is 1. The molecule has 0 unspecified atom stereocenters. The van der Waals surface area contributed by atoms with Gasteiger partial charge in [0.1, 0.15) is 5.75 Å². The monoisotopic (exact) mass is 580 g/mol. The van der Waals surface area contributed by atoms with Gasteiger partial charge in [0.05, 0.1) is 31.0 Å². The summed E-state index contributed by atoms with van der Waals surface area (Å²) in [7, 11) is 1.68. The molecule has 4 aromatic rings. The van der Waals surface area contributed by atoms with Gasteiger partial charge in [-0.25, -0.2) is 0 Å². The normalized spacial score (nSPS) is 13.9. The summed E-state index contributed by atoms with van der Waals surface area (Å²) >= 11 is 3.73. The number of fused-ring (bicyclic) bond motifs is 2. The molecule has 2 heterocycles. The van der Waals surface area contributed by atoms with Crippen LogP contribution >= 0.6 is 15.9 Å². The Bertz CT molecular complexity index is 1320. The van der Waals surface area contributed by atoms with E-state index in [4.69, 9.17) is 9.47 Å². The highest BCUT2D eigenvalue weighted by Gasteiger charge is 2.19. The van der Waals surface area contributed by atoms with E-state index in [0.29, 0.717) is 6.61 Å². The number of benzene rings is 3. The number of hydrogen-bond donors (Lipinski definition) is 0. The molecular weight excluding hydrogens is 544 g/mol. The van der Waals surface area contributed by atoms with E-state index < -0.39 is 0 Å². The molecule has 6 nitrogen and oxygen atoms in total. The molecule has 38 heavy (non-hydrogen) atoms. The highest BCUT2D eigenvalue weighted by molar-refractivity contribution is 9.10. The Balaban J connectivity index is 0.000000786. The van der Waals surface area contributed by atoms with Crippen molar-refractivity contribution < 1.29 is 19.0 Å². The van der Waals surface area contributed by atoms with Crippen LogP contribution in [-0.2, 0) is 22.4 Å². The maximum absolute atomic E-state index is 12.3. The lowest BCUT2D eigenvalue weighted by Gasteiger charge is -2.27. The molecule has 0 atom stereocenters. The van der Waals surface area contributed by atoms with Crippen molar-refractivity contribution in [3.63, 3.8) is 0 Å². The maximum atomic E-state index is 12.3. The minimum absolute atomic E-state index is 0.598. The molecule has 3 aromatic carbocycles. The number of ether oxygens (including phenoxy) is 3. The Morgan fingerprint density at radius 3 is 2.45 bits per heavy atom. The van der Waals surface area contributed by atoms with E-state index in [-0.39, 0.29) is 0 Å². The molecule has 1 saturated heterocycles. The Hall–Kier alpha value is -2.71. The molecule has 7 heteroatoms. The van der Waals surface area contributed by atoms with Crippen molar-refractivity contribution in [2.45, 2.75) is 26.3 Å². The van der Waals surface area contributed by atoms with Crippen molar-refractivity contribution in [3.8, 4) is 5.75 Å². The van der Waals surface area contributed by atoms with Gasteiger partial charge >= 0.3 is 0 Å². The molecule has 202 valence electrons. The smallest absolute Gasteiger partial charge is 0.166 e. The number of para-hydroxylation sites is 1. The number of methoxy groups -OCH3 is 1. The van der Waals surface area contributed by atoms with Gasteiger partial charge in [-0.1, -0.05) is 48.5 Å². The Morgan fingerprint density at radius 2 is 1.68 bits per heavy atom. The van der Waals surface area contributed by atoms with Gasteiger partial charge in [0.15, 0.2) is 6.29 Å². The predicted octanol–water partition coefficient (Wildman–Crippen LogP) is 6.37. The maximum Gasteiger partial charge on any atom is 0.166 e. The molecule has 1 aliphatic heterocycles. The fourth-order valence-corrected chi connectivity index (χ4v) is 5.48. The molecule has 0 bridgehead atoms. The number of aldehydes is 1. The first-order chi connectivity index (χ1) is 18.7. The molecule has 0 saturated carbocycles. The average molecular weight is 582 g/mol. The Labute approximate surface area is 233 Å². The standard InChI is InChI=1S/C28H29BrN2O3.C3H8O/c29-25-11-4-9-24-23(10-5-17-34-27-12-3-7-21-6-1-2-8-22(21)27)26(20-32)31(28(24)25)14-13-30-15-18-33-19-16-30;1-3-4-2/h1-4,6-9,11-12,20H,5,10,13-19H2;3H2,1-2H3. The van der Waals surface area contributed by atoms with Crippen molar-refractivity contribution in [1.29, 1.82) is 0 Å². The number of halogens is 1. The Morgan fingerprint density at radius 1 is 0.974 bits per heavy atom. The molecular formula is C31H37BrN2O4. The molecule has 0 spiro atoms. The molecule has 5 rings (SSSR count). The molecule has 0 radical (unpaired) electrons. The first kappa shape index (κ1) is 28.3. The second kappa shape index (κ2) is 14.4. The second-order valence-corrected chi connectivity index (χ2v) is 10.1. The van der Waals surface area contributed by atoms with E-state index >= 15 is 0 Å². The van der Waals surface area contributed by atoms with E-state index in [1.165, 1.54) is 5.39 Å². The van der Waals surface area contributed by atoms with Crippen molar-refractivity contribution in [2.75, 3.05) is 53.2 Å². The van der Waals surface area contributed by atoms with Crippen molar-refractivity contribution in [2.24, 2.45) is 0 Å². The second-order valence-electron chi connectivity index (χ2n) is 9.23. The first-order valence-electron chi connectivity index (χ1n) is 13.3. The number of nitrogens with zero attached hydrogens (tertiary/aromatic N) is 2. The summed E-state index contributed by atoms with van der Waals surface area (Å²) in [6.07, 6.45) is 2.64. The van der Waals surface area contributed by atoms with Crippen LogP contribution in [0.15, 0.2) is 65.1 Å². The SMILES string of the molecule is CCOC.O=Cc1c(CCCOc2cccc3ccccc23)c2cccc(Br)c2n1CCN1CCOCC1. The highest BCUT2D eigenvalue weighted by Crippen LogP contribution is 2.32. The fraction of sp³-hybridized carbons (Fsp3) is 0.387. The van der Waals surface area contributed by atoms with Crippen LogP contribution in [0.4, 0.5) is 0 Å². The first-order valence-corrected chi connectivity index (χ1v) is 14.1. The van der Waals surface area contributed by atoms with Gasteiger partial charge in [-0.15, -0.1) is 0 Å². The summed E-state index contributed by atoms with van der Waals surface area (Å²) in [6, 6.07) is 20.6. The van der Waals surface area contributed by atoms with Crippen LogP contribution in [0.5, 0.6) is 5.75 Å². The number of rotatable bonds is 10. The van der Waals surface area contributed by atoms with Crippen LogP contribution in [0.2, 0.25) is 0 Å². The van der Waals surface area contributed by atoms with Gasteiger partial charge in [0.25, 0.3) is 0 Å². The van der Waals surface area contributed by atoms with Crippen LogP contribution in [-0.4, -0.2) is 68.9 Å². The van der Waals surface area contributed by atoms with Crippen molar-refractivity contribution in [3.05, 3.63) is 76.4 Å². The quantitative estimate of drug-likeness (QED) is 0.161. The third-order valence-corrected chi connectivity index (χ3v) is 7.54. The largest absolute Gasteiger partial charge is 0.493 e. The molecule has 0 amide bonds. The third kappa shape index (κ3) is 6.83. The van der Waals surface area contributed by atoms with Crippen molar-refractivity contribution >= 4 is 43.9 Å². The zero-order valence-electron chi connectivity index (χ0n) is 22.3. The molecule has 0 N–H and O–H groups in total. The van der Waals surface area contributed by atoms with Crippen LogP contribution in [0.3, 0.4) is 0 Å². The number of hydrogen-bond acceptors (Lipinski definition) is 5. The van der Waals surface area contributed by atoms with E-state index in [1.54, 1.807) is 7.11 Å². The summed E-state index contributed by atoms with van der Waals surface area (Å²) in [4.78, 5) is 14.7. The van der Waals surface area contributed by atoms with Gasteiger partial charge in [-0.3, -0.25) is 9.69 Å². The summed E-state index contributed by atoms with van der Waals surface area (Å²) in [5.74, 6) is 0.907. The van der Waals surface area contributed by atoms with Crippen molar-refractivity contribution in [1.82, 2.24) is 9.47 Å². The number of aryl methyl sites for hydroxylation is 1. The summed E-state index contributed by atoms with van der Waals surface area (Å²) in [5.41, 5.74) is 2.98. The van der Waals surface area contributed by atoms with E-state index in [0.717, 1.165) is 103 Å². The van der Waals surface area contributed by atoms with Gasteiger partial charge in [0, 0.05) is 55.1 Å². The molecule has 1 fully saturated rings. The van der Waals surface area contributed by atoms with Crippen LogP contribution in [0.1, 0.15) is 29.4 Å². The van der Waals surface area contributed by atoms with E-state index in [1.807, 2.05) is 37.3 Å². The summed E-state index contributed by atoms with van der Waals surface area (Å²) < 4.78 is 19.4. The number of morpholine rings is 1. The number of carbonyl (C=O) groups is 1. The molecule has 1 aromatic heterocycles. The van der Waals surface area contributed by atoms with Gasteiger partial charge in [-0.05, 0) is 58.8 Å². The van der Waals surface area contributed by atoms with Crippen LogP contribution < -0.4 is 4.74 Å². The predicted molar refractivity (Wildman–Crippen MR) is 158 cm³/mol. The minimum Gasteiger partial charge on any atom is -0.493 e. The molecule has 0 aliphatic carbocycles. The topological polar surface area (TPSA) is 52.9 Å². The highest BCUT2D eigenvalue weighted by atomic mass is 79.9. The lowest BCUT2D eigenvalue weighted by atomic mass is 10.1. The van der Waals surface area contributed by atoms with E-state index in [9.17, 15) is 4.79 Å². The number of aromatic nitrogens is 1. The van der Waals surface area contributed by atoms with Gasteiger partial charge in [-0.2, -0.15) is 0 Å². The lowest BCUT2D eigenvalue weighted by Crippen LogP contribution is -2.38. The average Bonchev–Trinajstić information content (AvgIpc) is 3.28. The van der Waals surface area contributed by atoms with Gasteiger partial charge in [0.2, 0.25) is 0 Å². The Kier molecular flexibility index (Phi) is 10.8. The molecule has 1 aliphatic rings. The minimum atomic E-state index is 0.598. The third-order valence-electron chi connectivity index (χ3n) is 6.90. The lowest BCUT2D eigenvalue weighted by molar-refractivity contribution is 0.0364. The van der Waals surface area contributed by atoms with Crippen LogP contribution in [0, 0.1) is 0 Å². The van der Waals surface area contributed by atoms with Gasteiger partial charge < -0.3 is 18.8 Å². The van der Waals surface area contributed by atoms with E-state index in [2.05, 4.69) is 60.5 Å². The van der Waals surface area contributed by atoms with Crippen LogP contribution in [0.25, 0.3) is 21.7 Å². The summed E-state index contributed by atoms with van der Waals surface area (Å²) in [6.45, 7) is 8.49. The zero-order valence-corrected chi connectivity index (χ0v) is 23.9. The zero-order chi connectivity index (χ0) is 26.7.